The fraction of sp³-hybridized carbons (Fsp3) is 0. The molecule has 0 radical (unpaired) electrons. The maximum atomic E-state index is 10.8. The number of para-hydroxylation sites is 1. The molecule has 0 amide bonds. The predicted octanol–water partition coefficient (Wildman–Crippen LogP) is 3.73. The Balaban J connectivity index is 0.000000221. The van der Waals surface area contributed by atoms with Crippen LogP contribution in [0.1, 0.15) is 20.7 Å². The molecule has 0 aliphatic rings. The van der Waals surface area contributed by atoms with Crippen molar-refractivity contribution in [3.8, 4) is 0 Å². The van der Waals surface area contributed by atoms with Crippen molar-refractivity contribution in [2.24, 2.45) is 0 Å². The van der Waals surface area contributed by atoms with Gasteiger partial charge in [0.25, 0.3) is 12.4 Å². The van der Waals surface area contributed by atoms with Crippen molar-refractivity contribution in [2.45, 2.75) is 0 Å². The number of benzene rings is 2. The summed E-state index contributed by atoms with van der Waals surface area (Å²) in [6.07, 6.45) is 0. The van der Waals surface area contributed by atoms with E-state index >= 15 is 0 Å². The minimum atomic E-state index is -1.34. The molecule has 2 aromatic carbocycles. The van der Waals surface area contributed by atoms with Gasteiger partial charge < -0.3 is 15.4 Å². The highest BCUT2D eigenvalue weighted by molar-refractivity contribution is 7.78. The van der Waals surface area contributed by atoms with Gasteiger partial charge >= 0.3 is 23.3 Å². The summed E-state index contributed by atoms with van der Waals surface area (Å²) in [7, 11) is 2.00. The van der Waals surface area contributed by atoms with Gasteiger partial charge in [-0.1, -0.05) is 36.9 Å². The van der Waals surface area contributed by atoms with Crippen LogP contribution < -0.4 is 0 Å². The Morgan fingerprint density at radius 3 is 1.79 bits per heavy atom. The van der Waals surface area contributed by atoms with E-state index in [2.05, 4.69) is 12.4 Å². The lowest BCUT2D eigenvalue weighted by molar-refractivity contribution is -0.421. The Morgan fingerprint density at radius 2 is 1.41 bits per heavy atom. The summed E-state index contributed by atoms with van der Waals surface area (Å²) in [6, 6.07) is 6.51. The molecule has 0 saturated carbocycles. The van der Waals surface area contributed by atoms with E-state index in [-0.39, 0.29) is 30.3 Å². The Morgan fingerprint density at radius 1 is 0.862 bits per heavy atom. The van der Waals surface area contributed by atoms with Gasteiger partial charge in [-0.15, -0.1) is 0 Å². The number of carboxylic acid groups (broad SMARTS) is 2. The van der Waals surface area contributed by atoms with Crippen molar-refractivity contribution in [3.05, 3.63) is 66.9 Å². The first-order chi connectivity index (χ1) is 13.6. The smallest absolute Gasteiger partial charge is 0.365 e. The number of nitrogens with zero attached hydrogens (tertiary/aromatic N) is 3. The third-order valence-electron chi connectivity index (χ3n) is 3.34. The molecule has 3 rings (SSSR count). The summed E-state index contributed by atoms with van der Waals surface area (Å²) in [5.41, 5.74) is -1.80. The van der Waals surface area contributed by atoms with E-state index in [1.165, 1.54) is 18.2 Å². The van der Waals surface area contributed by atoms with E-state index < -0.39 is 33.2 Å². The van der Waals surface area contributed by atoms with Gasteiger partial charge in [0.15, 0.2) is 0 Å². The predicted molar refractivity (Wildman–Crippen MR) is 104 cm³/mol. The molecule has 0 saturated heterocycles. The molecule has 2 N–H and O–H groups in total. The number of carboxylic acids is 2. The number of fused-ring (bicyclic) bond motifs is 1. The van der Waals surface area contributed by atoms with Crippen molar-refractivity contribution in [1.29, 1.82) is 0 Å². The van der Waals surface area contributed by atoms with Crippen LogP contribution in [-0.2, 0) is 12.4 Å². The highest BCUT2D eigenvalue weighted by atomic mass is 32.9. The second-order valence-electron chi connectivity index (χ2n) is 5.02. The SMILES string of the molecule is O=C(O)c1cc([N+](=O)[O-])c([N+](=O)[O-])c2ssc12.O=C(O)c1ccccc1[N+]([O-])=S. The van der Waals surface area contributed by atoms with E-state index in [0.29, 0.717) is 0 Å². The van der Waals surface area contributed by atoms with Crippen LogP contribution in [0.4, 0.5) is 17.1 Å². The van der Waals surface area contributed by atoms with Crippen LogP contribution in [0.25, 0.3) is 9.40 Å². The molecule has 0 aliphatic carbocycles. The molecule has 0 bridgehead atoms. The zero-order valence-electron chi connectivity index (χ0n) is 13.7. The number of hydrogen-bond donors (Lipinski definition) is 2. The van der Waals surface area contributed by atoms with Crippen LogP contribution in [0.5, 0.6) is 0 Å². The fourth-order valence-electron chi connectivity index (χ4n) is 2.11. The Kier molecular flexibility index (Phi) is 6.47. The van der Waals surface area contributed by atoms with Crippen LogP contribution in [0, 0.1) is 25.4 Å². The molecular formula is C14H7N3O9S3. The van der Waals surface area contributed by atoms with Gasteiger partial charge in [0.1, 0.15) is 10.3 Å². The summed E-state index contributed by atoms with van der Waals surface area (Å²) < 4.78 is 0.370. The van der Waals surface area contributed by atoms with Crippen molar-refractivity contribution < 1.29 is 33.8 Å². The quantitative estimate of drug-likeness (QED) is 0.247. The molecule has 0 unspecified atom stereocenters. The molecular weight excluding hydrogens is 450 g/mol. The van der Waals surface area contributed by atoms with Gasteiger partial charge in [0, 0.05) is 12.1 Å². The highest BCUT2D eigenvalue weighted by Crippen LogP contribution is 2.46. The second kappa shape index (κ2) is 8.63. The van der Waals surface area contributed by atoms with Gasteiger partial charge in [0.2, 0.25) is 5.69 Å². The first-order valence-electron chi connectivity index (χ1n) is 7.10. The van der Waals surface area contributed by atoms with Crippen LogP contribution >= 0.6 is 20.7 Å². The standard InChI is InChI=1S/C7H2N2O6S2.C7H5NO3S/c10-7(11)2-1-3(8(12)13)4(9(14)15)6-5(2)16-17-6;9-7(10)5-3-1-2-4-6(5)8(11)12/h1H,(H,10,11);1-4H,(H,9,10). The number of aromatic carboxylic acids is 2. The molecule has 3 aromatic rings. The monoisotopic (exact) mass is 457 g/mol. The van der Waals surface area contributed by atoms with Gasteiger partial charge in [-0.2, -0.15) is 0 Å². The Hall–Kier alpha value is -3.56. The maximum Gasteiger partial charge on any atom is 0.365 e. The van der Waals surface area contributed by atoms with Gasteiger partial charge in [0.05, 0.1) is 20.1 Å². The molecule has 15 heteroatoms. The van der Waals surface area contributed by atoms with Crippen LogP contribution in [0.15, 0.2) is 30.3 Å². The van der Waals surface area contributed by atoms with Crippen LogP contribution in [-0.4, -0.2) is 36.1 Å². The Bertz CT molecular complexity index is 1130. The van der Waals surface area contributed by atoms with Gasteiger partial charge in [-0.25, -0.2) is 9.59 Å². The van der Waals surface area contributed by atoms with E-state index in [4.69, 9.17) is 10.2 Å². The average Bonchev–Trinajstić information content (AvgIpc) is 2.61. The van der Waals surface area contributed by atoms with Crippen molar-refractivity contribution in [3.63, 3.8) is 0 Å². The number of carbonyl (C=O) groups is 2. The molecule has 29 heavy (non-hydrogen) atoms. The second-order valence-corrected chi connectivity index (χ2v) is 7.50. The lowest BCUT2D eigenvalue weighted by atomic mass is 10.1. The highest BCUT2D eigenvalue weighted by Gasteiger charge is 2.33. The van der Waals surface area contributed by atoms with E-state index in [1.54, 1.807) is 6.07 Å². The normalized spacial score (nSPS) is 10.1. The van der Waals surface area contributed by atoms with Gasteiger partial charge in [-0.3, -0.25) is 20.2 Å². The summed E-state index contributed by atoms with van der Waals surface area (Å²) in [4.78, 5) is 41.0. The van der Waals surface area contributed by atoms with Crippen molar-refractivity contribution in [2.75, 3.05) is 0 Å². The van der Waals surface area contributed by atoms with Crippen molar-refractivity contribution >= 4 is 71.5 Å². The molecule has 0 fully saturated rings. The number of rotatable bonds is 5. The topological polar surface area (TPSA) is 187 Å². The van der Waals surface area contributed by atoms with Crippen LogP contribution in [0.2, 0.25) is 0 Å². The number of nitro benzene ring substituents is 2. The largest absolute Gasteiger partial charge is 0.605 e. The van der Waals surface area contributed by atoms with Crippen LogP contribution in [0.3, 0.4) is 0 Å². The third-order valence-corrected chi connectivity index (χ3v) is 6.15. The van der Waals surface area contributed by atoms with Crippen molar-refractivity contribution in [1.82, 2.24) is 0 Å². The number of hydrogen-bond acceptors (Lipinski definition) is 10. The Labute approximate surface area is 172 Å². The first-order valence-corrected chi connectivity index (χ1v) is 9.62. The fourth-order valence-corrected chi connectivity index (χ4v) is 4.48. The minimum absolute atomic E-state index is 0.0139. The lowest BCUT2D eigenvalue weighted by Gasteiger charge is -2.04. The van der Waals surface area contributed by atoms with E-state index in [1.807, 2.05) is 0 Å². The van der Waals surface area contributed by atoms with E-state index in [9.17, 15) is 35.0 Å². The summed E-state index contributed by atoms with van der Waals surface area (Å²) >= 11 is 4.27. The lowest BCUT2D eigenvalue weighted by Crippen LogP contribution is -2.03. The zero-order valence-corrected chi connectivity index (χ0v) is 16.2. The molecule has 0 spiro atoms. The molecule has 12 nitrogen and oxygen atoms in total. The summed E-state index contributed by atoms with van der Waals surface area (Å²) in [5.74, 6) is -2.50. The summed E-state index contributed by atoms with van der Waals surface area (Å²) in [5, 5.41) is 49.5. The molecule has 1 aromatic heterocycles. The molecule has 150 valence electrons. The van der Waals surface area contributed by atoms with E-state index in [0.717, 1.165) is 26.7 Å². The minimum Gasteiger partial charge on any atom is -0.605 e. The number of nitro groups is 2. The molecule has 0 atom stereocenters. The third kappa shape index (κ3) is 4.48. The summed E-state index contributed by atoms with van der Waals surface area (Å²) in [6.45, 7) is 0. The zero-order chi connectivity index (χ0) is 21.9. The first kappa shape index (κ1) is 21.7. The molecule has 0 aliphatic heterocycles. The maximum absolute atomic E-state index is 10.8. The van der Waals surface area contributed by atoms with Gasteiger partial charge in [-0.05, 0) is 6.07 Å². The molecule has 1 heterocycles. The average molecular weight is 457 g/mol.